The van der Waals surface area contributed by atoms with E-state index in [-0.39, 0.29) is 6.09 Å². The molecule has 13 heavy (non-hydrogen) atoms. The van der Waals surface area contributed by atoms with Crippen molar-refractivity contribution in [3.8, 4) is 6.19 Å². The van der Waals surface area contributed by atoms with E-state index < -0.39 is 0 Å². The molecule has 5 heteroatoms. The number of nitriles is 1. The Labute approximate surface area is 77.5 Å². The number of carbonyl (C=O) groups excluding carboxylic acids is 1. The second-order valence-electron chi connectivity index (χ2n) is 2.77. The third-order valence-corrected chi connectivity index (χ3v) is 1.95. The third kappa shape index (κ3) is 2.51. The van der Waals surface area contributed by atoms with Crippen molar-refractivity contribution in [2.24, 2.45) is 0 Å². The van der Waals surface area contributed by atoms with Crippen LogP contribution in [0.25, 0.3) is 0 Å². The maximum Gasteiger partial charge on any atom is 0.409 e. The van der Waals surface area contributed by atoms with Gasteiger partial charge >= 0.3 is 6.09 Å². The van der Waals surface area contributed by atoms with Gasteiger partial charge in [0.05, 0.1) is 6.61 Å². The predicted octanol–water partition coefficient (Wildman–Crippen LogP) is 0.242. The Bertz CT molecular complexity index is 216. The van der Waals surface area contributed by atoms with E-state index in [1.165, 1.54) is 0 Å². The molecule has 0 aliphatic carbocycles. The fourth-order valence-corrected chi connectivity index (χ4v) is 1.20. The summed E-state index contributed by atoms with van der Waals surface area (Å²) in [7, 11) is 0. The summed E-state index contributed by atoms with van der Waals surface area (Å²) in [5.41, 5.74) is 0. The van der Waals surface area contributed by atoms with E-state index in [0.29, 0.717) is 32.8 Å². The Hall–Kier alpha value is -1.44. The highest BCUT2D eigenvalue weighted by atomic mass is 16.6. The van der Waals surface area contributed by atoms with Crippen LogP contribution in [0.5, 0.6) is 0 Å². The number of hydrogen-bond acceptors (Lipinski definition) is 4. The summed E-state index contributed by atoms with van der Waals surface area (Å²) in [6, 6.07) is 0. The molecule has 1 fully saturated rings. The van der Waals surface area contributed by atoms with Gasteiger partial charge in [-0.25, -0.2) is 4.79 Å². The highest BCUT2D eigenvalue weighted by molar-refractivity contribution is 5.67. The summed E-state index contributed by atoms with van der Waals surface area (Å²) < 4.78 is 4.84. The maximum atomic E-state index is 11.2. The smallest absolute Gasteiger partial charge is 0.409 e. The molecule has 0 aromatic carbocycles. The van der Waals surface area contributed by atoms with Crippen molar-refractivity contribution in [3.05, 3.63) is 0 Å². The first-order valence-electron chi connectivity index (χ1n) is 4.34. The molecule has 0 aromatic rings. The van der Waals surface area contributed by atoms with Gasteiger partial charge in [0.1, 0.15) is 0 Å². The van der Waals surface area contributed by atoms with E-state index in [4.69, 9.17) is 10.00 Å². The van der Waals surface area contributed by atoms with E-state index in [0.717, 1.165) is 0 Å². The summed E-state index contributed by atoms with van der Waals surface area (Å²) in [4.78, 5) is 14.5. The van der Waals surface area contributed by atoms with Crippen LogP contribution >= 0.6 is 0 Å². The molecule has 1 amide bonds. The number of carbonyl (C=O) groups is 1. The molecule has 1 aliphatic heterocycles. The second kappa shape index (κ2) is 4.55. The molecule has 0 saturated carbocycles. The zero-order valence-corrected chi connectivity index (χ0v) is 7.69. The van der Waals surface area contributed by atoms with Gasteiger partial charge in [0.15, 0.2) is 6.19 Å². The minimum atomic E-state index is -0.278. The molecular formula is C8H13N3O2. The van der Waals surface area contributed by atoms with Crippen LogP contribution in [-0.4, -0.2) is 48.7 Å². The van der Waals surface area contributed by atoms with Crippen LogP contribution in [0.3, 0.4) is 0 Å². The summed E-state index contributed by atoms with van der Waals surface area (Å²) in [5, 5.41) is 8.56. The van der Waals surface area contributed by atoms with Crippen molar-refractivity contribution in [1.82, 2.24) is 9.80 Å². The number of amides is 1. The van der Waals surface area contributed by atoms with Crippen LogP contribution < -0.4 is 0 Å². The second-order valence-corrected chi connectivity index (χ2v) is 2.77. The molecule has 0 unspecified atom stereocenters. The maximum absolute atomic E-state index is 11.2. The molecular weight excluding hydrogens is 170 g/mol. The summed E-state index contributed by atoms with van der Waals surface area (Å²) >= 11 is 0. The van der Waals surface area contributed by atoms with Crippen LogP contribution in [0.2, 0.25) is 0 Å². The van der Waals surface area contributed by atoms with E-state index in [2.05, 4.69) is 0 Å². The lowest BCUT2D eigenvalue weighted by Crippen LogP contribution is -2.47. The Morgan fingerprint density at radius 3 is 2.54 bits per heavy atom. The topological polar surface area (TPSA) is 56.6 Å². The molecule has 0 radical (unpaired) electrons. The first kappa shape index (κ1) is 9.65. The van der Waals surface area contributed by atoms with Crippen molar-refractivity contribution in [3.63, 3.8) is 0 Å². The predicted molar refractivity (Wildman–Crippen MR) is 45.8 cm³/mol. The van der Waals surface area contributed by atoms with Crippen LogP contribution in [0, 0.1) is 11.5 Å². The average molecular weight is 183 g/mol. The normalized spacial score (nSPS) is 16.6. The molecule has 0 N–H and O–H groups in total. The lowest BCUT2D eigenvalue weighted by atomic mass is 10.3. The largest absolute Gasteiger partial charge is 0.450 e. The van der Waals surface area contributed by atoms with Gasteiger partial charge in [0.2, 0.25) is 0 Å². The van der Waals surface area contributed by atoms with Crippen LogP contribution in [0.15, 0.2) is 0 Å². The fraction of sp³-hybridized carbons (Fsp3) is 0.750. The number of ether oxygens (including phenoxy) is 1. The van der Waals surface area contributed by atoms with Crippen molar-refractivity contribution >= 4 is 6.09 Å². The molecule has 0 spiro atoms. The Balaban J connectivity index is 2.33. The molecule has 0 bridgehead atoms. The Morgan fingerprint density at radius 2 is 2.08 bits per heavy atom. The van der Waals surface area contributed by atoms with Gasteiger partial charge in [0, 0.05) is 26.2 Å². The standard InChI is InChI=1S/C8H13N3O2/c1-2-13-8(12)11-5-3-10(7-9)4-6-11/h2-6H2,1H3. The molecule has 0 atom stereocenters. The lowest BCUT2D eigenvalue weighted by Gasteiger charge is -2.30. The third-order valence-electron chi connectivity index (χ3n) is 1.95. The van der Waals surface area contributed by atoms with Gasteiger partial charge in [-0.15, -0.1) is 0 Å². The van der Waals surface area contributed by atoms with Crippen molar-refractivity contribution in [2.75, 3.05) is 32.8 Å². The van der Waals surface area contributed by atoms with Gasteiger partial charge in [-0.05, 0) is 6.92 Å². The average Bonchev–Trinajstić information content (AvgIpc) is 2.18. The van der Waals surface area contributed by atoms with Gasteiger partial charge in [-0.2, -0.15) is 5.26 Å². The van der Waals surface area contributed by atoms with Crippen molar-refractivity contribution in [2.45, 2.75) is 6.92 Å². The van der Waals surface area contributed by atoms with Crippen LogP contribution in [0.4, 0.5) is 4.79 Å². The first-order chi connectivity index (χ1) is 6.27. The molecule has 5 nitrogen and oxygen atoms in total. The molecule has 1 heterocycles. The quantitative estimate of drug-likeness (QED) is 0.546. The summed E-state index contributed by atoms with van der Waals surface area (Å²) in [6.07, 6.45) is 1.77. The molecule has 72 valence electrons. The zero-order valence-electron chi connectivity index (χ0n) is 7.69. The number of nitrogens with zero attached hydrogens (tertiary/aromatic N) is 3. The summed E-state index contributed by atoms with van der Waals surface area (Å²) in [6.45, 7) is 4.55. The highest BCUT2D eigenvalue weighted by Gasteiger charge is 2.20. The Kier molecular flexibility index (Phi) is 3.38. The number of piperazine rings is 1. The molecule has 1 aliphatic rings. The van der Waals surface area contributed by atoms with E-state index in [1.807, 2.05) is 6.19 Å². The van der Waals surface area contributed by atoms with Gasteiger partial charge in [0.25, 0.3) is 0 Å². The van der Waals surface area contributed by atoms with E-state index in [1.54, 1.807) is 16.7 Å². The minimum absolute atomic E-state index is 0.278. The molecule has 1 saturated heterocycles. The van der Waals surface area contributed by atoms with Crippen molar-refractivity contribution < 1.29 is 9.53 Å². The first-order valence-corrected chi connectivity index (χ1v) is 4.34. The van der Waals surface area contributed by atoms with Gasteiger partial charge in [-0.1, -0.05) is 0 Å². The summed E-state index contributed by atoms with van der Waals surface area (Å²) in [5.74, 6) is 0. The van der Waals surface area contributed by atoms with Gasteiger partial charge < -0.3 is 14.5 Å². The molecule has 0 aromatic heterocycles. The SMILES string of the molecule is CCOC(=O)N1CCN(C#N)CC1. The number of hydrogen-bond donors (Lipinski definition) is 0. The monoisotopic (exact) mass is 183 g/mol. The fourth-order valence-electron chi connectivity index (χ4n) is 1.20. The minimum Gasteiger partial charge on any atom is -0.450 e. The van der Waals surface area contributed by atoms with E-state index >= 15 is 0 Å². The zero-order chi connectivity index (χ0) is 9.68. The van der Waals surface area contributed by atoms with Crippen molar-refractivity contribution in [1.29, 1.82) is 5.26 Å². The Morgan fingerprint density at radius 1 is 1.46 bits per heavy atom. The van der Waals surface area contributed by atoms with Crippen LogP contribution in [-0.2, 0) is 4.74 Å². The van der Waals surface area contributed by atoms with Gasteiger partial charge in [-0.3, -0.25) is 0 Å². The van der Waals surface area contributed by atoms with E-state index in [9.17, 15) is 4.79 Å². The number of rotatable bonds is 1. The lowest BCUT2D eigenvalue weighted by molar-refractivity contribution is 0.0903. The highest BCUT2D eigenvalue weighted by Crippen LogP contribution is 2.02. The molecule has 1 rings (SSSR count). The van der Waals surface area contributed by atoms with Crippen LogP contribution in [0.1, 0.15) is 6.92 Å².